The number of benzene rings is 1. The fraction of sp³-hybridized carbons (Fsp3) is 0.250. The van der Waals surface area contributed by atoms with Crippen LogP contribution in [0.1, 0.15) is 22.5 Å². The van der Waals surface area contributed by atoms with Gasteiger partial charge in [0.25, 0.3) is 15.9 Å². The molecular formula is C20H16F4N4O5S. The Hall–Kier alpha value is -3.88. The molecule has 0 fully saturated rings. The smallest absolute Gasteiger partial charge is 0.428 e. The summed E-state index contributed by atoms with van der Waals surface area (Å²) in [5.74, 6) is -1.33. The molecule has 180 valence electrons. The fourth-order valence-electron chi connectivity index (χ4n) is 2.71. The van der Waals surface area contributed by atoms with Crippen molar-refractivity contribution in [2.45, 2.75) is 23.1 Å². The molecule has 0 radical (unpaired) electrons. The first-order valence-corrected chi connectivity index (χ1v) is 10.5. The van der Waals surface area contributed by atoms with Gasteiger partial charge in [-0.1, -0.05) is 5.92 Å². The summed E-state index contributed by atoms with van der Waals surface area (Å²) < 4.78 is 86.2. The van der Waals surface area contributed by atoms with E-state index in [1.54, 1.807) is 6.07 Å². The second-order valence-electron chi connectivity index (χ2n) is 6.75. The lowest BCUT2D eigenvalue weighted by Crippen LogP contribution is -2.45. The average Bonchev–Trinajstić information content (AvgIpc) is 3.10. The topological polar surface area (TPSA) is 134 Å². The number of aromatic nitrogens is 1. The first-order chi connectivity index (χ1) is 15.7. The van der Waals surface area contributed by atoms with Crippen LogP contribution < -0.4 is 10.1 Å². The van der Waals surface area contributed by atoms with E-state index in [9.17, 15) is 35.9 Å². The van der Waals surface area contributed by atoms with E-state index in [1.165, 1.54) is 13.0 Å². The molecule has 0 unspecified atom stereocenters. The van der Waals surface area contributed by atoms with Gasteiger partial charge in [-0.2, -0.15) is 31.2 Å². The van der Waals surface area contributed by atoms with Gasteiger partial charge in [0.15, 0.2) is 11.4 Å². The number of halogens is 4. The molecule has 14 heteroatoms. The number of terminal acetylenes is 1. The third-order valence-electron chi connectivity index (χ3n) is 4.53. The van der Waals surface area contributed by atoms with Gasteiger partial charge in [0, 0.05) is 32.1 Å². The maximum atomic E-state index is 13.5. The van der Waals surface area contributed by atoms with Gasteiger partial charge in [0.1, 0.15) is 16.8 Å². The number of nitrogens with zero attached hydrogens (tertiary/aromatic N) is 3. The highest BCUT2D eigenvalue weighted by atomic mass is 32.2. The molecule has 1 aromatic carbocycles. The number of alkyl halides is 3. The van der Waals surface area contributed by atoms with Crippen LogP contribution >= 0.6 is 0 Å². The second kappa shape index (κ2) is 9.54. The van der Waals surface area contributed by atoms with Gasteiger partial charge in [-0.15, -0.1) is 6.42 Å². The van der Waals surface area contributed by atoms with Crippen LogP contribution in [0.4, 0.5) is 23.2 Å². The number of carbonyl (C=O) groups excluding carboxylic acids is 1. The number of rotatable bonds is 8. The molecule has 1 amide bonds. The molecule has 0 aliphatic carbocycles. The van der Waals surface area contributed by atoms with Crippen LogP contribution in [0.3, 0.4) is 0 Å². The molecule has 0 saturated carbocycles. The van der Waals surface area contributed by atoms with E-state index < -0.39 is 62.9 Å². The largest absolute Gasteiger partial charge is 0.490 e. The predicted octanol–water partition coefficient (Wildman–Crippen LogP) is 2.37. The summed E-state index contributed by atoms with van der Waals surface area (Å²) in [6, 6.07) is 4.62. The van der Waals surface area contributed by atoms with Gasteiger partial charge in [0.05, 0.1) is 12.2 Å². The van der Waals surface area contributed by atoms with Crippen molar-refractivity contribution in [1.29, 1.82) is 5.26 Å². The number of anilines is 1. The number of ether oxygens (including phenoxy) is 1. The molecule has 0 aliphatic rings. The number of sulfonamides is 1. The number of aliphatic hydroxyl groups is 1. The molecule has 0 bridgehead atoms. The molecule has 0 saturated heterocycles. The van der Waals surface area contributed by atoms with E-state index in [0.29, 0.717) is 0 Å². The molecule has 0 spiro atoms. The number of hydrogen-bond acceptors (Lipinski definition) is 6. The van der Waals surface area contributed by atoms with Gasteiger partial charge in [-0.25, -0.2) is 4.39 Å². The quantitative estimate of drug-likeness (QED) is 0.325. The Labute approximate surface area is 191 Å². The lowest BCUT2D eigenvalue weighted by molar-refractivity contribution is -0.238. The van der Waals surface area contributed by atoms with Gasteiger partial charge >= 0.3 is 6.18 Å². The standard InChI is InChI=1S/C20H16F4N4O5S/c1-4-19(30,20(22,23)24)7-8-33-17-15(34(31,32)26-2)11-28(3)16(17)18(29)27-13-5-6-14(21)12(9-13)10-25/h1,5-6,9,11,30H,2,7-8H2,3H3,(H,27,29)/t19-/m1/s1. The molecule has 1 heterocycles. The number of carbonyl (C=O) groups is 1. The Morgan fingerprint density at radius 2 is 2.06 bits per heavy atom. The van der Waals surface area contributed by atoms with Crippen LogP contribution in [0.5, 0.6) is 5.75 Å². The SMILES string of the molecule is C#C[C@@](O)(CCOc1c(S(=O)(=O)N=C)cn(C)c1C(=O)Nc1ccc(F)c(C#N)c1)C(F)(F)F. The summed E-state index contributed by atoms with van der Waals surface area (Å²) in [7, 11) is -3.24. The molecular weight excluding hydrogens is 484 g/mol. The minimum Gasteiger partial charge on any atom is -0.490 e. The number of hydrogen-bond donors (Lipinski definition) is 2. The van der Waals surface area contributed by atoms with Crippen molar-refractivity contribution < 1.29 is 40.6 Å². The lowest BCUT2D eigenvalue weighted by Gasteiger charge is -2.25. The Bertz CT molecular complexity index is 1320. The van der Waals surface area contributed by atoms with E-state index in [1.807, 2.05) is 0 Å². The number of amides is 1. The minimum atomic E-state index is -5.21. The van der Waals surface area contributed by atoms with Gasteiger partial charge in [0.2, 0.25) is 5.60 Å². The van der Waals surface area contributed by atoms with Gasteiger partial charge in [-0.3, -0.25) is 4.79 Å². The summed E-state index contributed by atoms with van der Waals surface area (Å²) in [4.78, 5) is 12.2. The van der Waals surface area contributed by atoms with Crippen LogP contribution in [-0.4, -0.2) is 49.1 Å². The molecule has 1 atom stereocenters. The Balaban J connectivity index is 2.47. The van der Waals surface area contributed by atoms with E-state index in [-0.39, 0.29) is 11.3 Å². The summed E-state index contributed by atoms with van der Waals surface area (Å²) in [5, 5.41) is 20.9. The summed E-state index contributed by atoms with van der Waals surface area (Å²) in [6.45, 7) is 1.96. The highest BCUT2D eigenvalue weighted by molar-refractivity contribution is 7.90. The second-order valence-corrected chi connectivity index (χ2v) is 8.40. The van der Waals surface area contributed by atoms with E-state index >= 15 is 0 Å². The van der Waals surface area contributed by atoms with Crippen molar-refractivity contribution in [2.75, 3.05) is 11.9 Å². The number of nitriles is 1. The van der Waals surface area contributed by atoms with E-state index in [0.717, 1.165) is 29.0 Å². The molecule has 34 heavy (non-hydrogen) atoms. The zero-order valence-corrected chi connectivity index (χ0v) is 18.2. The molecule has 2 N–H and O–H groups in total. The number of nitrogens with one attached hydrogen (secondary N) is 1. The van der Waals surface area contributed by atoms with Crippen LogP contribution in [0.25, 0.3) is 0 Å². The molecule has 1 aromatic heterocycles. The average molecular weight is 500 g/mol. The van der Waals surface area contributed by atoms with Crippen LogP contribution in [0, 0.1) is 29.5 Å². The van der Waals surface area contributed by atoms with Crippen LogP contribution in [-0.2, 0) is 17.1 Å². The van der Waals surface area contributed by atoms with Crippen LogP contribution in [0.2, 0.25) is 0 Å². The normalized spacial score (nSPS) is 13.3. The molecule has 2 rings (SSSR count). The van der Waals surface area contributed by atoms with Crippen molar-refractivity contribution in [3.8, 4) is 24.2 Å². The molecule has 9 nitrogen and oxygen atoms in total. The van der Waals surface area contributed by atoms with E-state index in [4.69, 9.17) is 16.4 Å². The summed E-state index contributed by atoms with van der Waals surface area (Å²) in [5.41, 5.74) is -4.47. The molecule has 2 aromatic rings. The highest BCUT2D eigenvalue weighted by Crippen LogP contribution is 2.35. The summed E-state index contributed by atoms with van der Waals surface area (Å²) in [6.07, 6.45) is -0.698. The summed E-state index contributed by atoms with van der Waals surface area (Å²) >= 11 is 0. The monoisotopic (exact) mass is 500 g/mol. The zero-order chi connectivity index (χ0) is 25.9. The highest BCUT2D eigenvalue weighted by Gasteiger charge is 2.52. The van der Waals surface area contributed by atoms with Gasteiger partial charge in [-0.05, 0) is 18.2 Å². The Morgan fingerprint density at radius 1 is 1.41 bits per heavy atom. The fourth-order valence-corrected chi connectivity index (χ4v) is 3.53. The third-order valence-corrected chi connectivity index (χ3v) is 5.71. The minimum absolute atomic E-state index is 0.0415. The van der Waals surface area contributed by atoms with Crippen molar-refractivity contribution in [3.63, 3.8) is 0 Å². The first kappa shape index (κ1) is 26.4. The maximum Gasteiger partial charge on any atom is 0.428 e. The van der Waals surface area contributed by atoms with Crippen molar-refractivity contribution >= 4 is 28.3 Å². The number of aryl methyl sites for hydroxylation is 1. The van der Waals surface area contributed by atoms with Crippen LogP contribution in [0.15, 0.2) is 33.7 Å². The van der Waals surface area contributed by atoms with Crippen molar-refractivity contribution in [2.24, 2.45) is 11.4 Å². The van der Waals surface area contributed by atoms with Gasteiger partial charge < -0.3 is 19.7 Å². The lowest BCUT2D eigenvalue weighted by atomic mass is 10.0. The Kier molecular flexibility index (Phi) is 7.40. The Morgan fingerprint density at radius 3 is 2.59 bits per heavy atom. The maximum absolute atomic E-state index is 13.5. The van der Waals surface area contributed by atoms with E-state index in [2.05, 4.69) is 16.4 Å². The third kappa shape index (κ3) is 5.19. The molecule has 0 aliphatic heterocycles. The first-order valence-electron chi connectivity index (χ1n) is 9.03. The predicted molar refractivity (Wildman–Crippen MR) is 111 cm³/mol. The van der Waals surface area contributed by atoms with Crippen molar-refractivity contribution in [1.82, 2.24) is 4.57 Å². The van der Waals surface area contributed by atoms with Crippen molar-refractivity contribution in [3.05, 3.63) is 41.5 Å². The zero-order valence-electron chi connectivity index (χ0n) is 17.4.